The van der Waals surface area contributed by atoms with Crippen molar-refractivity contribution >= 4 is 21.7 Å². The van der Waals surface area contributed by atoms with Gasteiger partial charge in [0, 0.05) is 20.6 Å². The van der Waals surface area contributed by atoms with Crippen molar-refractivity contribution in [2.24, 2.45) is 0 Å². The monoisotopic (exact) mass is 321 g/mol. The van der Waals surface area contributed by atoms with Gasteiger partial charge < -0.3 is 10.1 Å². The highest BCUT2D eigenvalue weighted by atomic mass is 79.9. The number of nitrogens with one attached hydrogen (secondary N) is 1. The normalized spacial score (nSPS) is 10.5. The van der Waals surface area contributed by atoms with Crippen molar-refractivity contribution in [1.29, 1.82) is 0 Å². The predicted molar refractivity (Wildman–Crippen MR) is 79.2 cm³/mol. The Balaban J connectivity index is 2.32. The van der Waals surface area contributed by atoms with Gasteiger partial charge in [-0.15, -0.1) is 0 Å². The fourth-order valence-electron chi connectivity index (χ4n) is 1.80. The van der Waals surface area contributed by atoms with Crippen LogP contribution in [0, 0.1) is 0 Å². The van der Waals surface area contributed by atoms with Gasteiger partial charge >= 0.3 is 0 Å². The quantitative estimate of drug-likeness (QED) is 0.919. The van der Waals surface area contributed by atoms with Crippen molar-refractivity contribution < 1.29 is 4.74 Å². The molecule has 0 aliphatic carbocycles. The number of benzene rings is 1. The molecule has 2 rings (SSSR count). The number of hydrogen-bond acceptors (Lipinski definition) is 4. The molecule has 5 heteroatoms. The van der Waals surface area contributed by atoms with Crippen molar-refractivity contribution in [2.75, 3.05) is 19.5 Å². The topological polar surface area (TPSA) is 47.0 Å². The maximum Gasteiger partial charge on any atom is 0.144 e. The number of halogens is 1. The fraction of sp³-hybridized carbons (Fsp3) is 0.286. The summed E-state index contributed by atoms with van der Waals surface area (Å²) in [5.74, 6) is 1.57. The second-order valence-electron chi connectivity index (χ2n) is 4.09. The molecule has 1 N–H and O–H groups in total. The molecular weight excluding hydrogens is 306 g/mol. The summed E-state index contributed by atoms with van der Waals surface area (Å²) in [6, 6.07) is 10.2. The molecule has 0 unspecified atom stereocenters. The van der Waals surface area contributed by atoms with Crippen LogP contribution >= 0.6 is 15.9 Å². The second kappa shape index (κ2) is 6.63. The SMILES string of the molecule is CNc1nc(Cc2ccccc2)nc(COC)c1Br. The third kappa shape index (κ3) is 3.52. The number of ether oxygens (including phenoxy) is 1. The molecule has 100 valence electrons. The summed E-state index contributed by atoms with van der Waals surface area (Å²) < 4.78 is 6.02. The van der Waals surface area contributed by atoms with Gasteiger partial charge in [0.1, 0.15) is 11.6 Å². The summed E-state index contributed by atoms with van der Waals surface area (Å²) in [5.41, 5.74) is 2.04. The van der Waals surface area contributed by atoms with Gasteiger partial charge in [-0.05, 0) is 21.5 Å². The van der Waals surface area contributed by atoms with E-state index in [-0.39, 0.29) is 0 Å². The fourth-order valence-corrected chi connectivity index (χ4v) is 2.29. The van der Waals surface area contributed by atoms with Gasteiger partial charge in [0.05, 0.1) is 16.8 Å². The van der Waals surface area contributed by atoms with E-state index in [1.165, 1.54) is 5.56 Å². The highest BCUT2D eigenvalue weighted by Crippen LogP contribution is 2.24. The zero-order chi connectivity index (χ0) is 13.7. The molecule has 19 heavy (non-hydrogen) atoms. The minimum absolute atomic E-state index is 0.458. The van der Waals surface area contributed by atoms with E-state index >= 15 is 0 Å². The van der Waals surface area contributed by atoms with E-state index in [1.807, 2.05) is 25.2 Å². The van der Waals surface area contributed by atoms with Gasteiger partial charge in [-0.25, -0.2) is 9.97 Å². The number of anilines is 1. The largest absolute Gasteiger partial charge is 0.378 e. The highest BCUT2D eigenvalue weighted by molar-refractivity contribution is 9.10. The first-order valence-electron chi connectivity index (χ1n) is 6.00. The highest BCUT2D eigenvalue weighted by Gasteiger charge is 2.11. The number of aromatic nitrogens is 2. The molecule has 0 aliphatic heterocycles. The van der Waals surface area contributed by atoms with Crippen LogP contribution in [0.4, 0.5) is 5.82 Å². The molecular formula is C14H16BrN3O. The van der Waals surface area contributed by atoms with Crippen molar-refractivity contribution in [3.05, 3.63) is 51.9 Å². The van der Waals surface area contributed by atoms with E-state index in [2.05, 4.69) is 43.3 Å². The summed E-state index contributed by atoms with van der Waals surface area (Å²) in [7, 11) is 3.50. The van der Waals surface area contributed by atoms with Crippen molar-refractivity contribution in [3.8, 4) is 0 Å². The van der Waals surface area contributed by atoms with Crippen LogP contribution in [-0.2, 0) is 17.8 Å². The molecule has 0 saturated heterocycles. The Morgan fingerprint density at radius 3 is 2.58 bits per heavy atom. The summed E-state index contributed by atoms with van der Waals surface area (Å²) >= 11 is 3.49. The van der Waals surface area contributed by atoms with Crippen LogP contribution < -0.4 is 5.32 Å². The Morgan fingerprint density at radius 2 is 1.95 bits per heavy atom. The molecule has 2 aromatic rings. The molecule has 4 nitrogen and oxygen atoms in total. The average Bonchev–Trinajstić information content (AvgIpc) is 2.43. The average molecular weight is 322 g/mol. The molecule has 0 amide bonds. The van der Waals surface area contributed by atoms with Gasteiger partial charge in [0.15, 0.2) is 0 Å². The summed E-state index contributed by atoms with van der Waals surface area (Å²) in [4.78, 5) is 9.05. The number of rotatable bonds is 5. The van der Waals surface area contributed by atoms with E-state index in [1.54, 1.807) is 7.11 Å². The lowest BCUT2D eigenvalue weighted by atomic mass is 10.1. The van der Waals surface area contributed by atoms with Crippen LogP contribution in [0.15, 0.2) is 34.8 Å². The standard InChI is InChI=1S/C14H16BrN3O/c1-16-14-13(15)11(9-19-2)17-12(18-14)8-10-6-4-3-5-7-10/h3-7H,8-9H2,1-2H3,(H,16,17,18). The van der Waals surface area contributed by atoms with Crippen LogP contribution in [0.25, 0.3) is 0 Å². The first kappa shape index (κ1) is 14.0. The molecule has 0 bridgehead atoms. The Labute approximate surface area is 121 Å². The molecule has 1 heterocycles. The van der Waals surface area contributed by atoms with Gasteiger partial charge in [0.2, 0.25) is 0 Å². The second-order valence-corrected chi connectivity index (χ2v) is 4.89. The van der Waals surface area contributed by atoms with E-state index in [4.69, 9.17) is 4.74 Å². The van der Waals surface area contributed by atoms with Crippen molar-refractivity contribution in [1.82, 2.24) is 9.97 Å². The maximum atomic E-state index is 5.17. The van der Waals surface area contributed by atoms with Crippen LogP contribution in [0.2, 0.25) is 0 Å². The molecule has 1 aromatic heterocycles. The van der Waals surface area contributed by atoms with Crippen LogP contribution in [0.1, 0.15) is 17.1 Å². The van der Waals surface area contributed by atoms with E-state index in [0.717, 1.165) is 21.8 Å². The Hall–Kier alpha value is -1.46. The third-order valence-corrected chi connectivity index (χ3v) is 3.52. The number of nitrogens with zero attached hydrogens (tertiary/aromatic N) is 2. The molecule has 0 saturated carbocycles. The minimum atomic E-state index is 0.458. The van der Waals surface area contributed by atoms with Crippen molar-refractivity contribution in [3.63, 3.8) is 0 Å². The van der Waals surface area contributed by atoms with E-state index < -0.39 is 0 Å². The van der Waals surface area contributed by atoms with Crippen LogP contribution in [0.5, 0.6) is 0 Å². The Kier molecular flexibility index (Phi) is 4.87. The molecule has 0 atom stereocenters. The van der Waals surface area contributed by atoms with Gasteiger partial charge in [-0.2, -0.15) is 0 Å². The van der Waals surface area contributed by atoms with Crippen molar-refractivity contribution in [2.45, 2.75) is 13.0 Å². The summed E-state index contributed by atoms with van der Waals surface area (Å²) in [6.07, 6.45) is 0.708. The molecule has 0 fully saturated rings. The van der Waals surface area contributed by atoms with E-state index in [0.29, 0.717) is 13.0 Å². The smallest absolute Gasteiger partial charge is 0.144 e. The van der Waals surface area contributed by atoms with E-state index in [9.17, 15) is 0 Å². The predicted octanol–water partition coefficient (Wildman–Crippen LogP) is 3.02. The van der Waals surface area contributed by atoms with Gasteiger partial charge in [-0.1, -0.05) is 30.3 Å². The first-order valence-corrected chi connectivity index (χ1v) is 6.79. The van der Waals surface area contributed by atoms with Gasteiger partial charge in [-0.3, -0.25) is 0 Å². The first-order chi connectivity index (χ1) is 9.24. The molecule has 0 radical (unpaired) electrons. The summed E-state index contributed by atoms with van der Waals surface area (Å²) in [6.45, 7) is 0.458. The zero-order valence-corrected chi connectivity index (χ0v) is 12.6. The lowest BCUT2D eigenvalue weighted by molar-refractivity contribution is 0.180. The maximum absolute atomic E-state index is 5.17. The lowest BCUT2D eigenvalue weighted by Crippen LogP contribution is -2.07. The number of methoxy groups -OCH3 is 1. The molecule has 0 aliphatic rings. The molecule has 0 spiro atoms. The van der Waals surface area contributed by atoms with Crippen LogP contribution in [-0.4, -0.2) is 24.1 Å². The zero-order valence-electron chi connectivity index (χ0n) is 11.0. The summed E-state index contributed by atoms with van der Waals surface area (Å²) in [5, 5.41) is 3.07. The Morgan fingerprint density at radius 1 is 1.21 bits per heavy atom. The minimum Gasteiger partial charge on any atom is -0.378 e. The lowest BCUT2D eigenvalue weighted by Gasteiger charge is -2.10. The number of hydrogen-bond donors (Lipinski definition) is 1. The van der Waals surface area contributed by atoms with Gasteiger partial charge in [0.25, 0.3) is 0 Å². The Bertz CT molecular complexity index is 546. The van der Waals surface area contributed by atoms with Crippen LogP contribution in [0.3, 0.4) is 0 Å². The molecule has 1 aromatic carbocycles. The third-order valence-electron chi connectivity index (χ3n) is 2.69.